The first-order chi connectivity index (χ1) is 8.11. The summed E-state index contributed by atoms with van der Waals surface area (Å²) in [7, 11) is 0. The Morgan fingerprint density at radius 3 is 2.65 bits per heavy atom. The van der Waals surface area contributed by atoms with Crippen LogP contribution in [0.1, 0.15) is 30.9 Å². The Morgan fingerprint density at radius 1 is 1.47 bits per heavy atom. The number of nitrogens with zero attached hydrogens (tertiary/aromatic N) is 1. The van der Waals surface area contributed by atoms with Crippen molar-refractivity contribution in [1.82, 2.24) is 5.32 Å². The highest BCUT2D eigenvalue weighted by Gasteiger charge is 2.03. The van der Waals surface area contributed by atoms with Crippen molar-refractivity contribution in [2.45, 2.75) is 32.4 Å². The van der Waals surface area contributed by atoms with Gasteiger partial charge in [0.1, 0.15) is 0 Å². The number of amides is 1. The number of aliphatic hydroxyl groups excluding tert-OH is 1. The van der Waals surface area contributed by atoms with E-state index in [1.54, 1.807) is 19.1 Å². The van der Waals surface area contributed by atoms with E-state index in [0.717, 1.165) is 5.56 Å². The largest absolute Gasteiger partial charge is 0.393 e. The van der Waals surface area contributed by atoms with Crippen molar-refractivity contribution in [2.75, 3.05) is 0 Å². The van der Waals surface area contributed by atoms with Gasteiger partial charge in [-0.25, -0.2) is 0 Å². The van der Waals surface area contributed by atoms with Crippen LogP contribution in [0.5, 0.6) is 0 Å². The number of carbonyl (C=O) groups excluding carboxylic acids is 1. The summed E-state index contributed by atoms with van der Waals surface area (Å²) in [5.74, 6) is -0.0738. The van der Waals surface area contributed by atoms with Gasteiger partial charge in [0.2, 0.25) is 5.91 Å². The standard InChI is InChI=1S/C13H16N2O2/c1-10(16)2-7-13(17)15-9-12-5-3-11(8-14)4-6-12/h3-6,10,16H,2,7,9H2,1H3,(H,15,17). The van der Waals surface area contributed by atoms with Crippen LogP contribution in [0.15, 0.2) is 24.3 Å². The van der Waals surface area contributed by atoms with Crippen LogP contribution in [0.3, 0.4) is 0 Å². The van der Waals surface area contributed by atoms with Crippen LogP contribution in [-0.4, -0.2) is 17.1 Å². The Kier molecular flexibility index (Phi) is 5.18. The summed E-state index contributed by atoms with van der Waals surface area (Å²) in [6, 6.07) is 9.10. The molecule has 0 fully saturated rings. The van der Waals surface area contributed by atoms with Crippen LogP contribution in [0.4, 0.5) is 0 Å². The van der Waals surface area contributed by atoms with E-state index in [4.69, 9.17) is 10.4 Å². The van der Waals surface area contributed by atoms with Crippen molar-refractivity contribution in [3.63, 3.8) is 0 Å². The highest BCUT2D eigenvalue weighted by molar-refractivity contribution is 5.75. The molecule has 17 heavy (non-hydrogen) atoms. The fourth-order valence-corrected chi connectivity index (χ4v) is 1.33. The lowest BCUT2D eigenvalue weighted by atomic mass is 10.1. The quantitative estimate of drug-likeness (QED) is 0.804. The summed E-state index contributed by atoms with van der Waals surface area (Å²) in [6.07, 6.45) is 0.350. The number of hydrogen-bond donors (Lipinski definition) is 2. The highest BCUT2D eigenvalue weighted by atomic mass is 16.3. The van der Waals surface area contributed by atoms with E-state index in [-0.39, 0.29) is 5.91 Å². The first-order valence-electron chi connectivity index (χ1n) is 5.55. The van der Waals surface area contributed by atoms with Crippen LogP contribution in [0.25, 0.3) is 0 Å². The van der Waals surface area contributed by atoms with E-state index in [2.05, 4.69) is 5.32 Å². The maximum absolute atomic E-state index is 11.4. The van der Waals surface area contributed by atoms with Gasteiger partial charge in [-0.3, -0.25) is 4.79 Å². The minimum absolute atomic E-state index is 0.0738. The maximum atomic E-state index is 11.4. The Bertz CT molecular complexity index is 404. The van der Waals surface area contributed by atoms with E-state index < -0.39 is 6.10 Å². The number of rotatable bonds is 5. The molecule has 2 N–H and O–H groups in total. The summed E-state index contributed by atoms with van der Waals surface area (Å²) < 4.78 is 0. The van der Waals surface area contributed by atoms with Crippen LogP contribution in [0, 0.1) is 11.3 Å². The summed E-state index contributed by atoms with van der Waals surface area (Å²) >= 11 is 0. The molecule has 1 aromatic rings. The number of aliphatic hydroxyl groups is 1. The molecule has 1 amide bonds. The number of hydrogen-bond acceptors (Lipinski definition) is 3. The van der Waals surface area contributed by atoms with Gasteiger partial charge >= 0.3 is 0 Å². The first-order valence-corrected chi connectivity index (χ1v) is 5.55. The van der Waals surface area contributed by atoms with Crippen molar-refractivity contribution < 1.29 is 9.90 Å². The van der Waals surface area contributed by atoms with Crippen molar-refractivity contribution in [3.8, 4) is 6.07 Å². The molecule has 1 aromatic carbocycles. The first kappa shape index (κ1) is 13.2. The molecular weight excluding hydrogens is 216 g/mol. The fourth-order valence-electron chi connectivity index (χ4n) is 1.33. The topological polar surface area (TPSA) is 73.1 Å². The monoisotopic (exact) mass is 232 g/mol. The summed E-state index contributed by atoms with van der Waals surface area (Å²) in [4.78, 5) is 11.4. The molecule has 0 aromatic heterocycles. The average Bonchev–Trinajstić information content (AvgIpc) is 2.34. The minimum Gasteiger partial charge on any atom is -0.393 e. The lowest BCUT2D eigenvalue weighted by Crippen LogP contribution is -2.23. The normalized spacial score (nSPS) is 11.6. The summed E-state index contributed by atoms with van der Waals surface area (Å²) in [6.45, 7) is 2.11. The number of nitriles is 1. The molecule has 0 spiro atoms. The van der Waals surface area contributed by atoms with E-state index in [1.807, 2.05) is 18.2 Å². The van der Waals surface area contributed by atoms with Gasteiger partial charge in [-0.15, -0.1) is 0 Å². The molecule has 4 heteroatoms. The molecule has 1 unspecified atom stereocenters. The third-order valence-electron chi connectivity index (χ3n) is 2.36. The molecule has 1 atom stereocenters. The van der Waals surface area contributed by atoms with Gasteiger partial charge in [-0.05, 0) is 31.0 Å². The van der Waals surface area contributed by atoms with Gasteiger partial charge in [0, 0.05) is 13.0 Å². The van der Waals surface area contributed by atoms with Crippen LogP contribution >= 0.6 is 0 Å². The van der Waals surface area contributed by atoms with Gasteiger partial charge in [0.15, 0.2) is 0 Å². The molecule has 0 bridgehead atoms. The van der Waals surface area contributed by atoms with Gasteiger partial charge in [0.05, 0.1) is 17.7 Å². The molecule has 90 valence electrons. The zero-order valence-corrected chi connectivity index (χ0v) is 9.81. The smallest absolute Gasteiger partial charge is 0.220 e. The Labute approximate surface area is 101 Å². The molecule has 0 radical (unpaired) electrons. The average molecular weight is 232 g/mol. The van der Waals surface area contributed by atoms with E-state index in [9.17, 15) is 4.79 Å². The molecule has 0 saturated carbocycles. The van der Waals surface area contributed by atoms with Crippen molar-refractivity contribution in [3.05, 3.63) is 35.4 Å². The Hall–Kier alpha value is -1.86. The molecule has 0 aliphatic heterocycles. The third-order valence-corrected chi connectivity index (χ3v) is 2.36. The van der Waals surface area contributed by atoms with E-state index >= 15 is 0 Å². The van der Waals surface area contributed by atoms with Crippen molar-refractivity contribution >= 4 is 5.91 Å². The van der Waals surface area contributed by atoms with E-state index in [1.165, 1.54) is 0 Å². The second-order valence-electron chi connectivity index (χ2n) is 3.97. The maximum Gasteiger partial charge on any atom is 0.220 e. The van der Waals surface area contributed by atoms with Crippen LogP contribution in [-0.2, 0) is 11.3 Å². The minimum atomic E-state index is -0.448. The molecule has 0 aliphatic carbocycles. The summed E-state index contributed by atoms with van der Waals surface area (Å²) in [5, 5.41) is 20.4. The number of nitrogens with one attached hydrogen (secondary N) is 1. The van der Waals surface area contributed by atoms with Crippen LogP contribution < -0.4 is 5.32 Å². The predicted molar refractivity (Wildman–Crippen MR) is 63.9 cm³/mol. The number of carbonyl (C=O) groups is 1. The highest BCUT2D eigenvalue weighted by Crippen LogP contribution is 2.03. The van der Waals surface area contributed by atoms with Gasteiger partial charge in [-0.1, -0.05) is 12.1 Å². The van der Waals surface area contributed by atoms with Gasteiger partial charge in [-0.2, -0.15) is 5.26 Å². The second kappa shape index (κ2) is 6.66. The molecular formula is C13H16N2O2. The molecule has 0 aliphatic rings. The number of benzene rings is 1. The van der Waals surface area contributed by atoms with Gasteiger partial charge < -0.3 is 10.4 Å². The zero-order valence-electron chi connectivity index (χ0n) is 9.81. The fraction of sp³-hybridized carbons (Fsp3) is 0.385. The summed E-state index contributed by atoms with van der Waals surface area (Å²) in [5.41, 5.74) is 1.56. The Balaban J connectivity index is 2.35. The SMILES string of the molecule is CC(O)CCC(=O)NCc1ccc(C#N)cc1. The molecule has 4 nitrogen and oxygen atoms in total. The van der Waals surface area contributed by atoms with Crippen molar-refractivity contribution in [1.29, 1.82) is 5.26 Å². The molecule has 0 saturated heterocycles. The predicted octanol–water partition coefficient (Wildman–Crippen LogP) is 1.34. The van der Waals surface area contributed by atoms with Crippen molar-refractivity contribution in [2.24, 2.45) is 0 Å². The molecule has 0 heterocycles. The van der Waals surface area contributed by atoms with E-state index in [0.29, 0.717) is 24.9 Å². The molecule has 1 rings (SSSR count). The Morgan fingerprint density at radius 2 is 2.12 bits per heavy atom. The third kappa shape index (κ3) is 5.14. The lowest BCUT2D eigenvalue weighted by molar-refractivity contribution is -0.121. The van der Waals surface area contributed by atoms with Gasteiger partial charge in [0.25, 0.3) is 0 Å². The van der Waals surface area contributed by atoms with Crippen LogP contribution in [0.2, 0.25) is 0 Å². The lowest BCUT2D eigenvalue weighted by Gasteiger charge is -2.06. The second-order valence-corrected chi connectivity index (χ2v) is 3.97. The zero-order chi connectivity index (χ0) is 12.7.